The zero-order chi connectivity index (χ0) is 30.0. The molecule has 0 bridgehead atoms. The molecule has 43 heavy (non-hydrogen) atoms. The highest BCUT2D eigenvalue weighted by atomic mass is 14.6. The molecular weight excluding hydrogens is 516 g/mol. The van der Waals surface area contributed by atoms with Crippen molar-refractivity contribution in [3.05, 3.63) is 117 Å². The van der Waals surface area contributed by atoms with Crippen molar-refractivity contribution >= 4 is 21.9 Å². The molecule has 0 nitrogen and oxygen atoms in total. The molecule has 0 saturated heterocycles. The van der Waals surface area contributed by atoms with Gasteiger partial charge < -0.3 is 0 Å². The van der Waals surface area contributed by atoms with Crippen LogP contribution in [0.15, 0.2) is 83.9 Å². The third-order valence-electron chi connectivity index (χ3n) is 11.9. The summed E-state index contributed by atoms with van der Waals surface area (Å²) in [6, 6.07) is 28.5. The van der Waals surface area contributed by atoms with Crippen molar-refractivity contribution < 1.29 is 0 Å². The van der Waals surface area contributed by atoms with Crippen LogP contribution < -0.4 is 0 Å². The van der Waals surface area contributed by atoms with E-state index in [0.717, 1.165) is 12.8 Å². The molecule has 0 N–H and O–H groups in total. The van der Waals surface area contributed by atoms with Gasteiger partial charge in [0.2, 0.25) is 0 Å². The van der Waals surface area contributed by atoms with Crippen molar-refractivity contribution in [3.8, 4) is 11.1 Å². The maximum absolute atomic E-state index is 2.59. The standard InChI is InChI=1S/C43H46/c1-24(2)33-22-43(23-34(25(3)4)37(33)26(5)6)36-20-19-35-39(32-21-28-14-10-12-16-30(28)40(32)42(35,7)8)38(36)31-18-17-27-13-9-11-15-29(27)41(31)43/h9-20,24-26,33H,21-23H2,1-8H3. The van der Waals surface area contributed by atoms with Gasteiger partial charge in [-0.05, 0) is 109 Å². The quantitative estimate of drug-likeness (QED) is 0.218. The average Bonchev–Trinajstić information content (AvgIpc) is 3.57. The number of fused-ring (bicyclic) bond motifs is 12. The number of allylic oxidation sites excluding steroid dienone is 4. The monoisotopic (exact) mass is 562 g/mol. The van der Waals surface area contributed by atoms with Gasteiger partial charge in [-0.1, -0.05) is 139 Å². The van der Waals surface area contributed by atoms with Gasteiger partial charge in [-0.2, -0.15) is 0 Å². The fourth-order valence-corrected chi connectivity index (χ4v) is 10.2. The van der Waals surface area contributed by atoms with Crippen LogP contribution in [0.25, 0.3) is 33.0 Å². The van der Waals surface area contributed by atoms with Gasteiger partial charge in [0, 0.05) is 10.8 Å². The molecule has 0 aromatic heterocycles. The summed E-state index contributed by atoms with van der Waals surface area (Å²) < 4.78 is 0. The molecule has 0 aliphatic heterocycles. The van der Waals surface area contributed by atoms with E-state index in [1.165, 1.54) is 39.4 Å². The van der Waals surface area contributed by atoms with Crippen LogP contribution in [-0.4, -0.2) is 0 Å². The van der Waals surface area contributed by atoms with Crippen molar-refractivity contribution in [2.45, 2.75) is 85.5 Å². The molecule has 0 amide bonds. The first kappa shape index (κ1) is 27.2. The third kappa shape index (κ3) is 3.44. The second kappa shape index (κ2) is 9.07. The van der Waals surface area contributed by atoms with Gasteiger partial charge in [0.05, 0.1) is 0 Å². The molecule has 0 saturated carbocycles. The Morgan fingerprint density at radius 3 is 2.16 bits per heavy atom. The number of hydrogen-bond acceptors (Lipinski definition) is 0. The molecule has 4 aliphatic carbocycles. The summed E-state index contributed by atoms with van der Waals surface area (Å²) in [7, 11) is 0. The number of rotatable bonds is 3. The summed E-state index contributed by atoms with van der Waals surface area (Å²) in [6.07, 6.45) is 3.40. The minimum absolute atomic E-state index is 0.0000934. The van der Waals surface area contributed by atoms with Crippen LogP contribution in [-0.2, 0) is 17.3 Å². The molecule has 4 aromatic carbocycles. The van der Waals surface area contributed by atoms with Gasteiger partial charge >= 0.3 is 0 Å². The van der Waals surface area contributed by atoms with E-state index in [0.29, 0.717) is 23.7 Å². The molecule has 2 atom stereocenters. The van der Waals surface area contributed by atoms with E-state index in [1.54, 1.807) is 44.5 Å². The summed E-state index contributed by atoms with van der Waals surface area (Å²) in [5.74, 6) is 2.32. The summed E-state index contributed by atoms with van der Waals surface area (Å²) in [5.41, 5.74) is 19.0. The minimum atomic E-state index is -0.00754. The van der Waals surface area contributed by atoms with Crippen LogP contribution in [0.1, 0.15) is 102 Å². The van der Waals surface area contributed by atoms with E-state index in [4.69, 9.17) is 0 Å². The summed E-state index contributed by atoms with van der Waals surface area (Å²) >= 11 is 0. The highest BCUT2D eigenvalue weighted by Crippen LogP contribution is 2.66. The normalized spacial score (nSPS) is 23.1. The van der Waals surface area contributed by atoms with Gasteiger partial charge in [0.15, 0.2) is 0 Å². The molecule has 1 spiro atoms. The molecule has 0 fully saturated rings. The SMILES string of the molecule is CC(C)C1=C(C(C)C)C(C(C)C)CC2(C1)c1ccc3c(c1-c1ccc4ccccc4c12)C1=C(c2ccccc2C1)C3(C)C. The van der Waals surface area contributed by atoms with Crippen molar-refractivity contribution in [1.82, 2.24) is 0 Å². The van der Waals surface area contributed by atoms with Crippen LogP contribution in [0.2, 0.25) is 0 Å². The largest absolute Gasteiger partial charge is 0.0667 e. The van der Waals surface area contributed by atoms with E-state index < -0.39 is 0 Å². The zero-order valence-corrected chi connectivity index (χ0v) is 27.4. The lowest BCUT2D eigenvalue weighted by atomic mass is 9.57. The smallest absolute Gasteiger partial charge is 0.0264 e. The van der Waals surface area contributed by atoms with E-state index >= 15 is 0 Å². The van der Waals surface area contributed by atoms with Crippen molar-refractivity contribution in [2.75, 3.05) is 0 Å². The predicted octanol–water partition coefficient (Wildman–Crippen LogP) is 11.5. The first-order chi connectivity index (χ1) is 20.6. The molecule has 0 radical (unpaired) electrons. The molecule has 218 valence electrons. The summed E-state index contributed by atoms with van der Waals surface area (Å²) in [5, 5.41) is 2.84. The van der Waals surface area contributed by atoms with Crippen LogP contribution in [0, 0.1) is 23.7 Å². The lowest BCUT2D eigenvalue weighted by Crippen LogP contribution is -2.38. The minimum Gasteiger partial charge on any atom is -0.0667 e. The Bertz CT molecular complexity index is 1900. The van der Waals surface area contributed by atoms with Crippen LogP contribution in [0.5, 0.6) is 0 Å². The Balaban J connectivity index is 1.48. The average molecular weight is 563 g/mol. The topological polar surface area (TPSA) is 0 Å². The van der Waals surface area contributed by atoms with Crippen LogP contribution >= 0.6 is 0 Å². The second-order valence-corrected chi connectivity index (χ2v) is 15.5. The van der Waals surface area contributed by atoms with Gasteiger partial charge in [0.1, 0.15) is 0 Å². The van der Waals surface area contributed by atoms with Gasteiger partial charge in [-0.15, -0.1) is 0 Å². The zero-order valence-electron chi connectivity index (χ0n) is 27.4. The van der Waals surface area contributed by atoms with Crippen molar-refractivity contribution in [2.24, 2.45) is 23.7 Å². The maximum atomic E-state index is 2.59. The maximum Gasteiger partial charge on any atom is 0.0264 e. The van der Waals surface area contributed by atoms with Gasteiger partial charge in [0.25, 0.3) is 0 Å². The third-order valence-corrected chi connectivity index (χ3v) is 11.9. The van der Waals surface area contributed by atoms with Crippen LogP contribution in [0.4, 0.5) is 0 Å². The molecule has 2 unspecified atom stereocenters. The Kier molecular flexibility index (Phi) is 5.74. The highest BCUT2D eigenvalue weighted by Gasteiger charge is 2.53. The molecule has 4 aromatic rings. The molecule has 0 heterocycles. The van der Waals surface area contributed by atoms with E-state index in [-0.39, 0.29) is 10.8 Å². The second-order valence-electron chi connectivity index (χ2n) is 15.5. The fraction of sp³-hybridized carbons (Fsp3) is 0.395. The summed E-state index contributed by atoms with van der Waals surface area (Å²) in [4.78, 5) is 0. The summed E-state index contributed by atoms with van der Waals surface area (Å²) in [6.45, 7) is 19.7. The Morgan fingerprint density at radius 2 is 1.42 bits per heavy atom. The van der Waals surface area contributed by atoms with Gasteiger partial charge in [-0.25, -0.2) is 0 Å². The van der Waals surface area contributed by atoms with E-state index in [2.05, 4.69) is 128 Å². The molecular formula is C43H46. The highest BCUT2D eigenvalue weighted by molar-refractivity contribution is 6.11. The first-order valence-electron chi connectivity index (χ1n) is 16.8. The lowest BCUT2D eigenvalue weighted by Gasteiger charge is -2.46. The predicted molar refractivity (Wildman–Crippen MR) is 184 cm³/mol. The fourth-order valence-electron chi connectivity index (χ4n) is 10.2. The Hall–Kier alpha value is -3.38. The van der Waals surface area contributed by atoms with Gasteiger partial charge in [-0.3, -0.25) is 0 Å². The van der Waals surface area contributed by atoms with Crippen LogP contribution in [0.3, 0.4) is 0 Å². The Labute approximate surface area is 258 Å². The van der Waals surface area contributed by atoms with Crippen molar-refractivity contribution in [3.63, 3.8) is 0 Å². The molecule has 4 aliphatic rings. The lowest BCUT2D eigenvalue weighted by molar-refractivity contribution is 0.277. The first-order valence-corrected chi connectivity index (χ1v) is 16.8. The van der Waals surface area contributed by atoms with Crippen molar-refractivity contribution in [1.29, 1.82) is 0 Å². The number of hydrogen-bond donors (Lipinski definition) is 0. The number of benzene rings is 4. The molecule has 8 rings (SSSR count). The molecule has 0 heteroatoms. The Morgan fingerprint density at radius 1 is 0.698 bits per heavy atom. The van der Waals surface area contributed by atoms with E-state index in [1.807, 2.05) is 0 Å². The van der Waals surface area contributed by atoms with E-state index in [9.17, 15) is 0 Å².